The van der Waals surface area contributed by atoms with Gasteiger partial charge in [-0.05, 0) is 55.3 Å². The number of hydroxylamine groups is 1. The van der Waals surface area contributed by atoms with Gasteiger partial charge in [-0.25, -0.2) is 12.8 Å². The van der Waals surface area contributed by atoms with Crippen LogP contribution in [0.5, 0.6) is 0 Å². The molecule has 35 heavy (non-hydrogen) atoms. The molecule has 1 N–H and O–H groups in total. The van der Waals surface area contributed by atoms with Gasteiger partial charge in [0.2, 0.25) is 10.0 Å². The van der Waals surface area contributed by atoms with Gasteiger partial charge in [0.25, 0.3) is 5.91 Å². The molecule has 0 aliphatic carbocycles. The van der Waals surface area contributed by atoms with Crippen LogP contribution in [0.4, 0.5) is 4.39 Å². The van der Waals surface area contributed by atoms with Crippen LogP contribution in [0.25, 0.3) is 0 Å². The average molecular weight is 500 g/mol. The average Bonchev–Trinajstić information content (AvgIpc) is 3.28. The molecule has 4 rings (SSSR count). The molecule has 1 aromatic carbocycles. The second-order valence-corrected chi connectivity index (χ2v) is 10.4. The van der Waals surface area contributed by atoms with E-state index >= 15 is 0 Å². The van der Waals surface area contributed by atoms with Crippen LogP contribution in [0.1, 0.15) is 25.0 Å². The lowest BCUT2D eigenvalue weighted by Gasteiger charge is -2.35. The molecule has 9 nitrogen and oxygen atoms in total. The van der Waals surface area contributed by atoms with E-state index in [9.17, 15) is 17.6 Å². The summed E-state index contributed by atoms with van der Waals surface area (Å²) >= 11 is 0. The predicted octanol–water partition coefficient (Wildman–Crippen LogP) is 2.15. The number of nitrogens with one attached hydrogen (secondary N) is 1. The van der Waals surface area contributed by atoms with Gasteiger partial charge in [0.15, 0.2) is 0 Å². The zero-order valence-electron chi connectivity index (χ0n) is 19.1. The van der Waals surface area contributed by atoms with E-state index in [2.05, 4.69) is 16.5 Å². The highest BCUT2D eigenvalue weighted by Gasteiger charge is 2.43. The number of nitrogens with zero attached hydrogens (tertiary/aromatic N) is 4. The SMILES string of the molecule is N#CCCN(CCc1ccccn1)C(=O)C1=CC2(CCN(S(=O)(=O)c3ccc(F)cc3)CC2)ON1. The predicted molar refractivity (Wildman–Crippen MR) is 124 cm³/mol. The third-order valence-electron chi connectivity index (χ3n) is 6.17. The summed E-state index contributed by atoms with van der Waals surface area (Å²) in [7, 11) is -3.75. The first-order valence-electron chi connectivity index (χ1n) is 11.3. The molecule has 0 atom stereocenters. The number of hydrogen-bond acceptors (Lipinski definition) is 7. The Labute approximate surface area is 203 Å². The number of nitriles is 1. The third kappa shape index (κ3) is 5.67. The summed E-state index contributed by atoms with van der Waals surface area (Å²) in [5.41, 5.74) is 3.04. The number of benzene rings is 1. The molecule has 1 fully saturated rings. The van der Waals surface area contributed by atoms with E-state index in [4.69, 9.17) is 10.1 Å². The number of carbonyl (C=O) groups is 1. The van der Waals surface area contributed by atoms with Gasteiger partial charge in [0.05, 0.1) is 17.4 Å². The number of sulfonamides is 1. The van der Waals surface area contributed by atoms with Crippen molar-refractivity contribution in [1.82, 2.24) is 19.7 Å². The summed E-state index contributed by atoms with van der Waals surface area (Å²) in [6, 6.07) is 12.4. The Balaban J connectivity index is 1.41. The standard InChI is InChI=1S/C24H26FN5O4S/c25-19-5-7-21(8-6-19)35(32,33)30-16-10-24(11-17-30)18-22(28-34-24)23(31)29(14-3-12-26)15-9-20-4-1-2-13-27-20/h1-2,4-8,13,18,28H,3,9-11,14-17H2. The molecular formula is C24H26FN5O4S. The topological polar surface area (TPSA) is 116 Å². The minimum absolute atomic E-state index is 0.0350. The minimum atomic E-state index is -3.75. The van der Waals surface area contributed by atoms with Crippen molar-refractivity contribution >= 4 is 15.9 Å². The van der Waals surface area contributed by atoms with E-state index in [1.807, 2.05) is 18.2 Å². The van der Waals surface area contributed by atoms with Crippen molar-refractivity contribution < 1.29 is 22.4 Å². The maximum Gasteiger partial charge on any atom is 0.272 e. The summed E-state index contributed by atoms with van der Waals surface area (Å²) in [5.74, 6) is -0.785. The molecule has 11 heteroatoms. The number of rotatable bonds is 8. The van der Waals surface area contributed by atoms with Crippen LogP contribution < -0.4 is 5.48 Å². The van der Waals surface area contributed by atoms with Gasteiger partial charge in [-0.1, -0.05) is 6.07 Å². The molecule has 2 aliphatic rings. The smallest absolute Gasteiger partial charge is 0.272 e. The minimum Gasteiger partial charge on any atom is -0.336 e. The number of aromatic nitrogens is 1. The fourth-order valence-corrected chi connectivity index (χ4v) is 5.60. The van der Waals surface area contributed by atoms with Gasteiger partial charge in [0, 0.05) is 44.5 Å². The summed E-state index contributed by atoms with van der Waals surface area (Å²) in [6.07, 6.45) is 4.86. The molecule has 0 saturated carbocycles. The van der Waals surface area contributed by atoms with E-state index in [-0.39, 0.29) is 42.6 Å². The fraction of sp³-hybridized carbons (Fsp3) is 0.375. The molecule has 1 aromatic heterocycles. The second-order valence-electron chi connectivity index (χ2n) is 8.46. The van der Waals surface area contributed by atoms with Crippen molar-refractivity contribution in [2.45, 2.75) is 36.2 Å². The quantitative estimate of drug-likeness (QED) is 0.592. The van der Waals surface area contributed by atoms with Crippen molar-refractivity contribution in [2.24, 2.45) is 0 Å². The summed E-state index contributed by atoms with van der Waals surface area (Å²) < 4.78 is 40.3. The number of pyridine rings is 1. The molecule has 0 bridgehead atoms. The van der Waals surface area contributed by atoms with Crippen LogP contribution in [0.3, 0.4) is 0 Å². The molecule has 1 saturated heterocycles. The Morgan fingerprint density at radius 1 is 1.20 bits per heavy atom. The van der Waals surface area contributed by atoms with Crippen LogP contribution in [0.2, 0.25) is 0 Å². The highest BCUT2D eigenvalue weighted by molar-refractivity contribution is 7.89. The number of piperidine rings is 1. The van der Waals surface area contributed by atoms with Crippen molar-refractivity contribution in [3.8, 4) is 6.07 Å². The Morgan fingerprint density at radius 3 is 2.60 bits per heavy atom. The Bertz CT molecular complexity index is 1220. The molecule has 1 spiro atoms. The largest absolute Gasteiger partial charge is 0.336 e. The van der Waals surface area contributed by atoms with Crippen molar-refractivity contribution in [3.05, 3.63) is 71.9 Å². The Morgan fingerprint density at radius 2 is 1.94 bits per heavy atom. The zero-order chi connectivity index (χ0) is 24.9. The molecular weight excluding hydrogens is 473 g/mol. The lowest BCUT2D eigenvalue weighted by Crippen LogP contribution is -2.46. The molecule has 184 valence electrons. The van der Waals surface area contributed by atoms with Crippen LogP contribution in [0.15, 0.2) is 65.3 Å². The highest BCUT2D eigenvalue weighted by Crippen LogP contribution is 2.34. The number of hydrogen-bond donors (Lipinski definition) is 1. The van der Waals surface area contributed by atoms with Crippen LogP contribution in [0, 0.1) is 17.1 Å². The lowest BCUT2D eigenvalue weighted by molar-refractivity contribution is -0.129. The maximum absolute atomic E-state index is 13.2. The van der Waals surface area contributed by atoms with Gasteiger partial charge in [-0.3, -0.25) is 20.1 Å². The maximum atomic E-state index is 13.2. The summed E-state index contributed by atoms with van der Waals surface area (Å²) in [4.78, 5) is 24.9. The molecule has 0 radical (unpaired) electrons. The molecule has 0 unspecified atom stereocenters. The van der Waals surface area contributed by atoms with Crippen LogP contribution in [-0.4, -0.2) is 60.3 Å². The van der Waals surface area contributed by atoms with Crippen molar-refractivity contribution in [2.75, 3.05) is 26.2 Å². The zero-order valence-corrected chi connectivity index (χ0v) is 19.9. The number of halogens is 1. The molecule has 1 amide bonds. The lowest BCUT2D eigenvalue weighted by atomic mass is 9.92. The van der Waals surface area contributed by atoms with E-state index < -0.39 is 21.4 Å². The van der Waals surface area contributed by atoms with Gasteiger partial charge < -0.3 is 4.90 Å². The van der Waals surface area contributed by atoms with Crippen LogP contribution >= 0.6 is 0 Å². The van der Waals surface area contributed by atoms with Crippen molar-refractivity contribution in [3.63, 3.8) is 0 Å². The Kier molecular flexibility index (Phi) is 7.45. The summed E-state index contributed by atoms with van der Waals surface area (Å²) in [5, 5.41) is 9.01. The Hall–Kier alpha value is -3.33. The van der Waals surface area contributed by atoms with Gasteiger partial charge in [0.1, 0.15) is 17.1 Å². The van der Waals surface area contributed by atoms with Gasteiger partial charge in [-0.2, -0.15) is 9.57 Å². The third-order valence-corrected chi connectivity index (χ3v) is 8.08. The van der Waals surface area contributed by atoms with E-state index in [0.29, 0.717) is 25.8 Å². The molecule has 2 aliphatic heterocycles. The first kappa shape index (κ1) is 24.8. The molecule has 2 aromatic rings. The normalized spacial score (nSPS) is 17.4. The highest BCUT2D eigenvalue weighted by atomic mass is 32.2. The van der Waals surface area contributed by atoms with E-state index in [1.54, 1.807) is 17.2 Å². The van der Waals surface area contributed by atoms with Gasteiger partial charge >= 0.3 is 0 Å². The first-order chi connectivity index (χ1) is 16.8. The van der Waals surface area contributed by atoms with Crippen LogP contribution in [-0.2, 0) is 26.1 Å². The van der Waals surface area contributed by atoms with E-state index in [1.165, 1.54) is 16.4 Å². The van der Waals surface area contributed by atoms with Crippen molar-refractivity contribution in [1.29, 1.82) is 5.26 Å². The molecule has 3 heterocycles. The van der Waals surface area contributed by atoms with E-state index in [0.717, 1.165) is 17.8 Å². The fourth-order valence-electron chi connectivity index (χ4n) is 4.16. The second kappa shape index (κ2) is 10.5. The first-order valence-corrected chi connectivity index (χ1v) is 12.8. The monoisotopic (exact) mass is 499 g/mol. The summed E-state index contributed by atoms with van der Waals surface area (Å²) in [6.45, 7) is 1.06. The number of amides is 1. The van der Waals surface area contributed by atoms with Gasteiger partial charge in [-0.15, -0.1) is 0 Å². The number of carbonyl (C=O) groups excluding carboxylic acids is 1.